The molecule has 1 aliphatic rings. The van der Waals surface area contributed by atoms with Gasteiger partial charge in [-0.2, -0.15) is 5.10 Å². The summed E-state index contributed by atoms with van der Waals surface area (Å²) < 4.78 is 0. The maximum absolute atomic E-state index is 12.3. The molecule has 1 fully saturated rings. The molecule has 0 unspecified atom stereocenters. The van der Waals surface area contributed by atoms with E-state index < -0.39 is 5.92 Å². The van der Waals surface area contributed by atoms with Crippen molar-refractivity contribution in [2.45, 2.75) is 6.42 Å². The van der Waals surface area contributed by atoms with Crippen molar-refractivity contribution in [3.63, 3.8) is 0 Å². The zero-order valence-electron chi connectivity index (χ0n) is 13.2. The molecule has 1 heterocycles. The van der Waals surface area contributed by atoms with Crippen LogP contribution in [-0.4, -0.2) is 24.6 Å². The highest BCUT2D eigenvalue weighted by Gasteiger charge is 2.34. The second-order valence-electron chi connectivity index (χ2n) is 5.61. The molecule has 128 valence electrons. The SMILES string of the molecule is O=C(NN=Cc1c(Cl)cccc1Cl)[C@H]1CC(=O)N(c2ccccc2)C1. The maximum atomic E-state index is 12.3. The molecule has 25 heavy (non-hydrogen) atoms. The quantitative estimate of drug-likeness (QED) is 0.656. The van der Waals surface area contributed by atoms with Gasteiger partial charge in [0.25, 0.3) is 0 Å². The topological polar surface area (TPSA) is 61.8 Å². The first-order valence-electron chi connectivity index (χ1n) is 7.68. The lowest BCUT2D eigenvalue weighted by molar-refractivity contribution is -0.126. The van der Waals surface area contributed by atoms with Crippen LogP contribution in [0, 0.1) is 5.92 Å². The molecule has 2 aromatic rings. The number of rotatable bonds is 4. The summed E-state index contributed by atoms with van der Waals surface area (Å²) in [6.07, 6.45) is 1.55. The van der Waals surface area contributed by atoms with Gasteiger partial charge in [0.1, 0.15) is 0 Å². The van der Waals surface area contributed by atoms with E-state index in [-0.39, 0.29) is 18.2 Å². The van der Waals surface area contributed by atoms with E-state index in [2.05, 4.69) is 10.5 Å². The average Bonchev–Trinajstić information content (AvgIpc) is 3.00. The molecule has 1 atom stereocenters. The van der Waals surface area contributed by atoms with Crippen molar-refractivity contribution in [2.75, 3.05) is 11.4 Å². The molecular weight excluding hydrogens is 361 g/mol. The predicted octanol–water partition coefficient (Wildman–Crippen LogP) is 3.50. The number of carbonyl (C=O) groups excluding carboxylic acids is 2. The second kappa shape index (κ2) is 7.68. The third-order valence-electron chi connectivity index (χ3n) is 3.93. The fourth-order valence-electron chi connectivity index (χ4n) is 2.63. The van der Waals surface area contributed by atoms with E-state index in [9.17, 15) is 9.59 Å². The van der Waals surface area contributed by atoms with Crippen molar-refractivity contribution in [1.82, 2.24) is 5.43 Å². The minimum Gasteiger partial charge on any atom is -0.312 e. The predicted molar refractivity (Wildman–Crippen MR) is 99.1 cm³/mol. The monoisotopic (exact) mass is 375 g/mol. The Labute approximate surface area is 155 Å². The van der Waals surface area contributed by atoms with Gasteiger partial charge in [0.15, 0.2) is 0 Å². The van der Waals surface area contributed by atoms with Crippen LogP contribution in [0.5, 0.6) is 0 Å². The summed E-state index contributed by atoms with van der Waals surface area (Å²) in [5.74, 6) is -0.845. The van der Waals surface area contributed by atoms with Gasteiger partial charge in [-0.05, 0) is 24.3 Å². The molecule has 0 aliphatic carbocycles. The first-order valence-corrected chi connectivity index (χ1v) is 8.44. The van der Waals surface area contributed by atoms with Gasteiger partial charge < -0.3 is 4.90 Å². The molecule has 0 radical (unpaired) electrons. The van der Waals surface area contributed by atoms with E-state index in [4.69, 9.17) is 23.2 Å². The molecule has 7 heteroatoms. The van der Waals surface area contributed by atoms with Crippen LogP contribution in [0.1, 0.15) is 12.0 Å². The van der Waals surface area contributed by atoms with Crippen LogP contribution in [0.4, 0.5) is 5.69 Å². The van der Waals surface area contributed by atoms with Crippen molar-refractivity contribution in [1.29, 1.82) is 0 Å². The number of benzene rings is 2. The number of para-hydroxylation sites is 1. The number of anilines is 1. The van der Waals surface area contributed by atoms with Crippen LogP contribution < -0.4 is 10.3 Å². The Balaban J connectivity index is 1.63. The number of nitrogens with zero attached hydrogens (tertiary/aromatic N) is 2. The minimum absolute atomic E-state index is 0.0792. The second-order valence-corrected chi connectivity index (χ2v) is 6.42. The van der Waals surface area contributed by atoms with E-state index in [0.717, 1.165) is 5.69 Å². The van der Waals surface area contributed by atoms with E-state index in [0.29, 0.717) is 22.2 Å². The van der Waals surface area contributed by atoms with Crippen molar-refractivity contribution in [3.05, 3.63) is 64.1 Å². The molecule has 2 amide bonds. The Hall–Kier alpha value is -2.37. The fourth-order valence-corrected chi connectivity index (χ4v) is 3.12. The third kappa shape index (κ3) is 4.00. The average molecular weight is 376 g/mol. The van der Waals surface area contributed by atoms with E-state index in [1.54, 1.807) is 23.1 Å². The zero-order valence-corrected chi connectivity index (χ0v) is 14.7. The third-order valence-corrected chi connectivity index (χ3v) is 4.59. The van der Waals surface area contributed by atoms with Gasteiger partial charge in [0, 0.05) is 24.2 Å². The number of amides is 2. The normalized spacial score (nSPS) is 17.3. The van der Waals surface area contributed by atoms with Gasteiger partial charge in [0.2, 0.25) is 11.8 Å². The molecule has 1 aliphatic heterocycles. The number of halogens is 2. The highest BCUT2D eigenvalue weighted by atomic mass is 35.5. The summed E-state index contributed by atoms with van der Waals surface area (Å²) in [5.41, 5.74) is 3.77. The van der Waals surface area contributed by atoms with Crippen LogP contribution in [0.3, 0.4) is 0 Å². The standard InChI is InChI=1S/C18H15Cl2N3O2/c19-15-7-4-8-16(20)14(15)10-21-22-18(25)12-9-17(24)23(11-12)13-5-2-1-3-6-13/h1-8,10,12H,9,11H2,(H,22,25)/t12-/m0/s1. The summed E-state index contributed by atoms with van der Waals surface area (Å²) in [6.45, 7) is 0.330. The van der Waals surface area contributed by atoms with Gasteiger partial charge in [-0.25, -0.2) is 5.43 Å². The highest BCUT2D eigenvalue weighted by molar-refractivity contribution is 6.38. The van der Waals surface area contributed by atoms with Crippen molar-refractivity contribution < 1.29 is 9.59 Å². The lowest BCUT2D eigenvalue weighted by atomic mass is 10.1. The smallest absolute Gasteiger partial charge is 0.245 e. The number of carbonyl (C=O) groups is 2. The van der Waals surface area contributed by atoms with Crippen LogP contribution in [-0.2, 0) is 9.59 Å². The summed E-state index contributed by atoms with van der Waals surface area (Å²) in [5, 5.41) is 4.79. The van der Waals surface area contributed by atoms with E-state index >= 15 is 0 Å². The number of hydrogen-bond acceptors (Lipinski definition) is 3. The van der Waals surface area contributed by atoms with Gasteiger partial charge in [0.05, 0.1) is 22.2 Å². The largest absolute Gasteiger partial charge is 0.312 e. The first kappa shape index (κ1) is 17.5. The van der Waals surface area contributed by atoms with E-state index in [1.807, 2.05) is 30.3 Å². The Morgan fingerprint density at radius 3 is 2.48 bits per heavy atom. The van der Waals surface area contributed by atoms with Crippen LogP contribution in [0.15, 0.2) is 53.6 Å². The zero-order chi connectivity index (χ0) is 17.8. The Bertz CT molecular complexity index is 804. The Kier molecular flexibility index (Phi) is 5.36. The van der Waals surface area contributed by atoms with Gasteiger partial charge >= 0.3 is 0 Å². The summed E-state index contributed by atoms with van der Waals surface area (Å²) >= 11 is 12.1. The molecule has 0 aromatic heterocycles. The van der Waals surface area contributed by atoms with Gasteiger partial charge in [-0.15, -0.1) is 0 Å². The van der Waals surface area contributed by atoms with Crippen LogP contribution in [0.25, 0.3) is 0 Å². The maximum Gasteiger partial charge on any atom is 0.245 e. The molecular formula is C18H15Cl2N3O2. The molecule has 5 nitrogen and oxygen atoms in total. The number of hydrogen-bond donors (Lipinski definition) is 1. The summed E-state index contributed by atoms with van der Waals surface area (Å²) in [7, 11) is 0. The lowest BCUT2D eigenvalue weighted by Crippen LogP contribution is -2.30. The highest BCUT2D eigenvalue weighted by Crippen LogP contribution is 2.25. The molecule has 1 saturated heterocycles. The van der Waals surface area contributed by atoms with Crippen molar-refractivity contribution >= 4 is 46.9 Å². The van der Waals surface area contributed by atoms with Crippen molar-refractivity contribution in [3.8, 4) is 0 Å². The Morgan fingerprint density at radius 2 is 1.80 bits per heavy atom. The molecule has 0 bridgehead atoms. The lowest BCUT2D eigenvalue weighted by Gasteiger charge is -2.16. The summed E-state index contributed by atoms with van der Waals surface area (Å²) in [4.78, 5) is 26.0. The van der Waals surface area contributed by atoms with Crippen LogP contribution in [0.2, 0.25) is 10.0 Å². The number of hydrazone groups is 1. The molecule has 2 aromatic carbocycles. The minimum atomic E-state index is -0.452. The number of nitrogens with one attached hydrogen (secondary N) is 1. The molecule has 1 N–H and O–H groups in total. The summed E-state index contributed by atoms with van der Waals surface area (Å²) in [6, 6.07) is 14.4. The van der Waals surface area contributed by atoms with Gasteiger partial charge in [-0.3, -0.25) is 9.59 Å². The Morgan fingerprint density at radius 1 is 1.12 bits per heavy atom. The molecule has 0 spiro atoms. The molecule has 3 rings (SSSR count). The van der Waals surface area contributed by atoms with Gasteiger partial charge in [-0.1, -0.05) is 47.5 Å². The first-order chi connectivity index (χ1) is 12.1. The molecule has 0 saturated carbocycles. The van der Waals surface area contributed by atoms with Crippen molar-refractivity contribution in [2.24, 2.45) is 11.0 Å². The van der Waals surface area contributed by atoms with Crippen LogP contribution >= 0.6 is 23.2 Å². The fraction of sp³-hybridized carbons (Fsp3) is 0.167. The van der Waals surface area contributed by atoms with E-state index in [1.165, 1.54) is 6.21 Å².